The minimum absolute atomic E-state index is 0.781. The van der Waals surface area contributed by atoms with Crippen molar-refractivity contribution in [1.82, 2.24) is 9.97 Å². The first-order valence-corrected chi connectivity index (χ1v) is 7.34. The molecule has 3 rings (SSSR count). The van der Waals surface area contributed by atoms with E-state index >= 15 is 0 Å². The van der Waals surface area contributed by atoms with E-state index in [1.807, 2.05) is 19.2 Å². The van der Waals surface area contributed by atoms with Gasteiger partial charge >= 0.3 is 0 Å². The van der Waals surface area contributed by atoms with Gasteiger partial charge in [0.05, 0.1) is 10.7 Å². The van der Waals surface area contributed by atoms with E-state index in [2.05, 4.69) is 51.0 Å². The highest BCUT2D eigenvalue weighted by molar-refractivity contribution is 7.09. The van der Waals surface area contributed by atoms with Crippen molar-refractivity contribution in [1.29, 1.82) is 0 Å². The molecule has 100 valence electrons. The quantitative estimate of drug-likeness (QED) is 0.781. The molecule has 0 fully saturated rings. The van der Waals surface area contributed by atoms with Gasteiger partial charge in [0.25, 0.3) is 0 Å². The van der Waals surface area contributed by atoms with Crippen molar-refractivity contribution in [3.63, 3.8) is 0 Å². The lowest BCUT2D eigenvalue weighted by molar-refractivity contribution is 1.11. The fraction of sp³-hybridized carbons (Fsp3) is 0.125. The van der Waals surface area contributed by atoms with Gasteiger partial charge in [-0.05, 0) is 30.7 Å². The van der Waals surface area contributed by atoms with Crippen LogP contribution in [-0.2, 0) is 6.54 Å². The lowest BCUT2D eigenvalue weighted by Crippen LogP contribution is -1.99. The largest absolute Gasteiger partial charge is 0.381 e. The molecular formula is C16H15N3S. The van der Waals surface area contributed by atoms with E-state index < -0.39 is 0 Å². The minimum Gasteiger partial charge on any atom is -0.381 e. The fourth-order valence-electron chi connectivity index (χ4n) is 1.96. The van der Waals surface area contributed by atoms with E-state index in [1.54, 1.807) is 17.5 Å². The Hall–Kier alpha value is -2.20. The van der Waals surface area contributed by atoms with Crippen LogP contribution in [0.5, 0.6) is 0 Å². The molecule has 0 atom stereocenters. The molecule has 2 heterocycles. The van der Waals surface area contributed by atoms with Crippen LogP contribution in [0.2, 0.25) is 0 Å². The van der Waals surface area contributed by atoms with E-state index in [0.717, 1.165) is 28.5 Å². The molecule has 0 aliphatic carbocycles. The number of rotatable bonds is 4. The van der Waals surface area contributed by atoms with Gasteiger partial charge in [-0.25, -0.2) is 4.98 Å². The highest BCUT2D eigenvalue weighted by Gasteiger charge is 2.02. The zero-order chi connectivity index (χ0) is 13.8. The molecule has 0 spiro atoms. The summed E-state index contributed by atoms with van der Waals surface area (Å²) in [6.45, 7) is 2.81. The molecular weight excluding hydrogens is 266 g/mol. The smallest absolute Gasteiger partial charge is 0.0901 e. The van der Waals surface area contributed by atoms with Crippen molar-refractivity contribution < 1.29 is 0 Å². The number of thiazole rings is 1. The third-order valence-corrected chi connectivity index (χ3v) is 3.79. The summed E-state index contributed by atoms with van der Waals surface area (Å²) in [5.74, 6) is 0. The molecule has 0 bridgehead atoms. The number of aromatic nitrogens is 2. The predicted molar refractivity (Wildman–Crippen MR) is 83.9 cm³/mol. The number of hydrogen-bond acceptors (Lipinski definition) is 4. The molecule has 0 aliphatic heterocycles. The summed E-state index contributed by atoms with van der Waals surface area (Å²) < 4.78 is 0. The summed E-state index contributed by atoms with van der Waals surface area (Å²) in [5, 5.41) is 6.57. The van der Waals surface area contributed by atoms with Crippen LogP contribution in [0.1, 0.15) is 10.6 Å². The van der Waals surface area contributed by atoms with E-state index in [-0.39, 0.29) is 0 Å². The summed E-state index contributed by atoms with van der Waals surface area (Å²) in [7, 11) is 0. The van der Waals surface area contributed by atoms with Crippen LogP contribution >= 0.6 is 11.3 Å². The Kier molecular flexibility index (Phi) is 3.74. The van der Waals surface area contributed by atoms with Crippen molar-refractivity contribution in [2.24, 2.45) is 0 Å². The summed E-state index contributed by atoms with van der Waals surface area (Å²) in [4.78, 5) is 8.60. The Morgan fingerprint density at radius 1 is 1.15 bits per heavy atom. The van der Waals surface area contributed by atoms with Gasteiger partial charge in [0.2, 0.25) is 0 Å². The van der Waals surface area contributed by atoms with Crippen molar-refractivity contribution >= 4 is 17.0 Å². The van der Waals surface area contributed by atoms with E-state index in [4.69, 9.17) is 0 Å². The van der Waals surface area contributed by atoms with Crippen LogP contribution in [0, 0.1) is 6.92 Å². The van der Waals surface area contributed by atoms with Gasteiger partial charge in [-0.15, -0.1) is 11.3 Å². The Bertz CT molecular complexity index is 674. The normalized spacial score (nSPS) is 10.4. The van der Waals surface area contributed by atoms with Crippen LogP contribution in [0.15, 0.2) is 54.2 Å². The summed E-state index contributed by atoms with van der Waals surface area (Å²) >= 11 is 1.68. The third kappa shape index (κ3) is 3.03. The van der Waals surface area contributed by atoms with Crippen LogP contribution in [-0.4, -0.2) is 9.97 Å². The van der Waals surface area contributed by atoms with Gasteiger partial charge in [0.15, 0.2) is 0 Å². The maximum absolute atomic E-state index is 4.49. The van der Waals surface area contributed by atoms with Crippen molar-refractivity contribution in [3.8, 4) is 11.3 Å². The first-order valence-electron chi connectivity index (χ1n) is 6.46. The highest BCUT2D eigenvalue weighted by Crippen LogP contribution is 2.23. The van der Waals surface area contributed by atoms with Gasteiger partial charge < -0.3 is 5.32 Å². The summed E-state index contributed by atoms with van der Waals surface area (Å²) in [6, 6.07) is 12.4. The molecule has 2 aromatic heterocycles. The molecule has 3 nitrogen and oxygen atoms in total. The topological polar surface area (TPSA) is 37.8 Å². The molecule has 3 aromatic rings. The molecule has 0 saturated heterocycles. The van der Waals surface area contributed by atoms with E-state index in [1.165, 1.54) is 5.56 Å². The second-order valence-corrected chi connectivity index (χ2v) is 5.61. The number of nitrogens with zero attached hydrogens (tertiary/aromatic N) is 2. The molecule has 0 saturated carbocycles. The molecule has 1 N–H and O–H groups in total. The van der Waals surface area contributed by atoms with Gasteiger partial charge in [-0.1, -0.05) is 18.2 Å². The zero-order valence-corrected chi connectivity index (χ0v) is 12.0. The predicted octanol–water partition coefficient (Wildman–Crippen LogP) is 4.13. The van der Waals surface area contributed by atoms with Crippen LogP contribution in [0.25, 0.3) is 11.3 Å². The fourth-order valence-corrected chi connectivity index (χ4v) is 2.58. The lowest BCUT2D eigenvalue weighted by Gasteiger charge is -2.06. The summed E-state index contributed by atoms with van der Waals surface area (Å²) in [5.41, 5.74) is 4.48. The minimum atomic E-state index is 0.781. The van der Waals surface area contributed by atoms with Gasteiger partial charge in [0.1, 0.15) is 0 Å². The molecule has 0 radical (unpaired) electrons. The Morgan fingerprint density at radius 2 is 2.00 bits per heavy atom. The number of aryl methyl sites for hydroxylation is 1. The first-order chi connectivity index (χ1) is 9.81. The van der Waals surface area contributed by atoms with Gasteiger partial charge in [0, 0.05) is 35.6 Å². The van der Waals surface area contributed by atoms with E-state index in [9.17, 15) is 0 Å². The Balaban J connectivity index is 1.67. The maximum atomic E-state index is 4.49. The SMILES string of the molecule is Cc1nc(-c2ccc(NCc3cccnc3)cc2)cs1. The first kappa shape index (κ1) is 12.8. The molecule has 20 heavy (non-hydrogen) atoms. The summed E-state index contributed by atoms with van der Waals surface area (Å²) in [6.07, 6.45) is 3.66. The monoisotopic (exact) mass is 281 g/mol. The third-order valence-electron chi connectivity index (χ3n) is 3.02. The van der Waals surface area contributed by atoms with Crippen LogP contribution in [0.3, 0.4) is 0 Å². The standard InChI is InChI=1S/C16H15N3S/c1-12-19-16(11-20-12)14-4-6-15(7-5-14)18-10-13-3-2-8-17-9-13/h2-9,11,18H,10H2,1H3. The molecule has 0 amide bonds. The second-order valence-electron chi connectivity index (χ2n) is 4.54. The number of hydrogen-bond donors (Lipinski definition) is 1. The number of anilines is 1. The molecule has 0 unspecified atom stereocenters. The van der Waals surface area contributed by atoms with Gasteiger partial charge in [-0.2, -0.15) is 0 Å². The zero-order valence-electron chi connectivity index (χ0n) is 11.2. The van der Waals surface area contributed by atoms with Crippen LogP contribution in [0.4, 0.5) is 5.69 Å². The Morgan fingerprint density at radius 3 is 2.65 bits per heavy atom. The molecule has 1 aromatic carbocycles. The average Bonchev–Trinajstić information content (AvgIpc) is 2.93. The van der Waals surface area contributed by atoms with Crippen LogP contribution < -0.4 is 5.32 Å². The van der Waals surface area contributed by atoms with Crippen molar-refractivity contribution in [2.75, 3.05) is 5.32 Å². The van der Waals surface area contributed by atoms with E-state index in [0.29, 0.717) is 0 Å². The number of benzene rings is 1. The van der Waals surface area contributed by atoms with Crippen molar-refractivity contribution in [3.05, 3.63) is 64.7 Å². The molecule has 0 aliphatic rings. The second kappa shape index (κ2) is 5.84. The number of pyridine rings is 1. The lowest BCUT2D eigenvalue weighted by atomic mass is 10.1. The highest BCUT2D eigenvalue weighted by atomic mass is 32.1. The average molecular weight is 281 g/mol. The maximum Gasteiger partial charge on any atom is 0.0901 e. The number of nitrogens with one attached hydrogen (secondary N) is 1. The van der Waals surface area contributed by atoms with Crippen molar-refractivity contribution in [2.45, 2.75) is 13.5 Å². The molecule has 4 heteroatoms. The van der Waals surface area contributed by atoms with Gasteiger partial charge in [-0.3, -0.25) is 4.98 Å². The Labute approximate surface area is 122 Å².